The molecule has 1 aromatic carbocycles. The number of rotatable bonds is 1. The second kappa shape index (κ2) is 3.66. The van der Waals surface area contributed by atoms with E-state index in [9.17, 15) is 0 Å². The fraction of sp³-hybridized carbons (Fsp3) is 0.250. The first-order valence-corrected chi connectivity index (χ1v) is 5.75. The molecule has 0 fully saturated rings. The number of aromatic nitrogens is 1. The molecule has 0 bridgehead atoms. The molecule has 1 heterocycles. The molecule has 0 saturated carbocycles. The molecule has 2 N–H and O–H groups in total. The highest BCUT2D eigenvalue weighted by atomic mass is 32.1. The third kappa shape index (κ3) is 1.88. The molecule has 0 aliphatic carbocycles. The van der Waals surface area contributed by atoms with Crippen LogP contribution in [0.2, 0.25) is 0 Å². The maximum Gasteiger partial charge on any atom is 0.180 e. The molecule has 0 aliphatic heterocycles. The molecule has 0 spiro atoms. The van der Waals surface area contributed by atoms with E-state index in [2.05, 4.69) is 37.9 Å². The summed E-state index contributed by atoms with van der Waals surface area (Å²) in [7, 11) is 0. The van der Waals surface area contributed by atoms with Crippen LogP contribution >= 0.6 is 11.3 Å². The van der Waals surface area contributed by atoms with Crippen LogP contribution in [0, 0.1) is 20.8 Å². The molecular formula is C12H14N2S. The Bertz CT molecular complexity index is 477. The lowest BCUT2D eigenvalue weighted by Gasteiger charge is -2.07. The first-order chi connectivity index (χ1) is 7.08. The van der Waals surface area contributed by atoms with Gasteiger partial charge in [0.1, 0.15) is 0 Å². The zero-order valence-corrected chi connectivity index (χ0v) is 9.98. The summed E-state index contributed by atoms with van der Waals surface area (Å²) in [5, 5.41) is 2.62. The Labute approximate surface area is 93.8 Å². The predicted molar refractivity (Wildman–Crippen MR) is 66.2 cm³/mol. The molecule has 2 aromatic rings. The normalized spacial score (nSPS) is 10.6. The van der Waals surface area contributed by atoms with Crippen molar-refractivity contribution in [3.63, 3.8) is 0 Å². The Hall–Kier alpha value is -1.35. The lowest BCUT2D eigenvalue weighted by Crippen LogP contribution is -1.89. The van der Waals surface area contributed by atoms with E-state index in [4.69, 9.17) is 5.73 Å². The van der Waals surface area contributed by atoms with Crippen molar-refractivity contribution in [2.75, 3.05) is 5.73 Å². The van der Waals surface area contributed by atoms with Crippen LogP contribution in [-0.2, 0) is 0 Å². The van der Waals surface area contributed by atoms with Gasteiger partial charge in [-0.2, -0.15) is 0 Å². The van der Waals surface area contributed by atoms with Crippen LogP contribution in [0.15, 0.2) is 17.5 Å². The van der Waals surface area contributed by atoms with E-state index in [0.717, 1.165) is 11.3 Å². The van der Waals surface area contributed by atoms with Crippen molar-refractivity contribution in [1.82, 2.24) is 4.98 Å². The smallest absolute Gasteiger partial charge is 0.180 e. The molecule has 0 unspecified atom stereocenters. The summed E-state index contributed by atoms with van der Waals surface area (Å²) in [5.41, 5.74) is 11.7. The monoisotopic (exact) mass is 218 g/mol. The van der Waals surface area contributed by atoms with E-state index in [1.54, 1.807) is 0 Å². The van der Waals surface area contributed by atoms with Crippen molar-refractivity contribution in [2.45, 2.75) is 20.8 Å². The number of benzene rings is 1. The highest BCUT2D eigenvalue weighted by molar-refractivity contribution is 7.13. The Morgan fingerprint density at radius 3 is 2.20 bits per heavy atom. The molecule has 0 amide bonds. The Morgan fingerprint density at radius 1 is 1.13 bits per heavy atom. The summed E-state index contributed by atoms with van der Waals surface area (Å²) in [5.74, 6) is 0. The largest absolute Gasteiger partial charge is 0.375 e. The lowest BCUT2D eigenvalue weighted by molar-refractivity contribution is 1.26. The van der Waals surface area contributed by atoms with Crippen molar-refractivity contribution >= 4 is 16.5 Å². The number of nitrogen functional groups attached to an aromatic ring is 1. The van der Waals surface area contributed by atoms with Crippen LogP contribution in [0.25, 0.3) is 11.3 Å². The average Bonchev–Trinajstić information content (AvgIpc) is 2.60. The molecule has 2 rings (SSSR count). The lowest BCUT2D eigenvalue weighted by atomic mass is 9.99. The predicted octanol–water partition coefficient (Wildman–Crippen LogP) is 3.32. The Morgan fingerprint density at radius 2 is 1.73 bits per heavy atom. The molecule has 15 heavy (non-hydrogen) atoms. The third-order valence-electron chi connectivity index (χ3n) is 2.74. The summed E-state index contributed by atoms with van der Waals surface area (Å²) in [6.45, 7) is 6.40. The summed E-state index contributed by atoms with van der Waals surface area (Å²) in [6, 6.07) is 4.33. The van der Waals surface area contributed by atoms with Crippen molar-refractivity contribution in [2.24, 2.45) is 0 Å². The fourth-order valence-electron chi connectivity index (χ4n) is 1.60. The van der Waals surface area contributed by atoms with Gasteiger partial charge in [0.2, 0.25) is 0 Å². The van der Waals surface area contributed by atoms with Gasteiger partial charge in [0.15, 0.2) is 5.13 Å². The number of hydrogen-bond donors (Lipinski definition) is 1. The van der Waals surface area contributed by atoms with Gasteiger partial charge < -0.3 is 5.73 Å². The van der Waals surface area contributed by atoms with E-state index in [1.807, 2.05) is 5.38 Å². The van der Waals surface area contributed by atoms with Crippen LogP contribution in [0.1, 0.15) is 16.7 Å². The van der Waals surface area contributed by atoms with Gasteiger partial charge in [0.25, 0.3) is 0 Å². The SMILES string of the molecule is Cc1cc(-c2csc(N)n2)cc(C)c1C. The van der Waals surface area contributed by atoms with Gasteiger partial charge in [-0.1, -0.05) is 0 Å². The van der Waals surface area contributed by atoms with Crippen LogP contribution < -0.4 is 5.73 Å². The van der Waals surface area contributed by atoms with Crippen molar-refractivity contribution < 1.29 is 0 Å². The van der Waals surface area contributed by atoms with Crippen LogP contribution in [-0.4, -0.2) is 4.98 Å². The molecule has 0 atom stereocenters. The van der Waals surface area contributed by atoms with Crippen molar-refractivity contribution in [3.8, 4) is 11.3 Å². The molecule has 0 saturated heterocycles. The highest BCUT2D eigenvalue weighted by Gasteiger charge is 2.05. The molecule has 3 heteroatoms. The van der Waals surface area contributed by atoms with Gasteiger partial charge in [-0.05, 0) is 49.6 Å². The molecule has 0 aliphatic rings. The van der Waals surface area contributed by atoms with Gasteiger partial charge >= 0.3 is 0 Å². The van der Waals surface area contributed by atoms with Gasteiger partial charge in [0, 0.05) is 10.9 Å². The van der Waals surface area contributed by atoms with Gasteiger partial charge in [-0.25, -0.2) is 4.98 Å². The van der Waals surface area contributed by atoms with E-state index in [-0.39, 0.29) is 0 Å². The minimum atomic E-state index is 0.626. The third-order valence-corrected chi connectivity index (χ3v) is 3.42. The van der Waals surface area contributed by atoms with E-state index in [1.165, 1.54) is 28.0 Å². The number of hydrogen-bond acceptors (Lipinski definition) is 3. The minimum Gasteiger partial charge on any atom is -0.375 e. The number of thiazole rings is 1. The number of nitrogens with zero attached hydrogens (tertiary/aromatic N) is 1. The van der Waals surface area contributed by atoms with Gasteiger partial charge in [0.05, 0.1) is 5.69 Å². The van der Waals surface area contributed by atoms with Gasteiger partial charge in [-0.15, -0.1) is 11.3 Å². The quantitative estimate of drug-likeness (QED) is 0.797. The molecule has 2 nitrogen and oxygen atoms in total. The summed E-state index contributed by atoms with van der Waals surface area (Å²) < 4.78 is 0. The second-order valence-corrected chi connectivity index (χ2v) is 4.70. The molecule has 0 radical (unpaired) electrons. The number of aryl methyl sites for hydroxylation is 2. The molecule has 1 aromatic heterocycles. The second-order valence-electron chi connectivity index (χ2n) is 3.81. The Balaban J connectivity index is 2.55. The summed E-state index contributed by atoms with van der Waals surface area (Å²) in [4.78, 5) is 4.29. The standard InChI is InChI=1S/C12H14N2S/c1-7-4-10(5-8(2)9(7)3)11-6-15-12(13)14-11/h4-6H,1-3H3,(H2,13,14). The zero-order chi connectivity index (χ0) is 11.0. The topological polar surface area (TPSA) is 38.9 Å². The van der Waals surface area contributed by atoms with E-state index < -0.39 is 0 Å². The van der Waals surface area contributed by atoms with Crippen molar-refractivity contribution in [1.29, 1.82) is 0 Å². The van der Waals surface area contributed by atoms with Crippen LogP contribution in [0.4, 0.5) is 5.13 Å². The molecule has 78 valence electrons. The zero-order valence-electron chi connectivity index (χ0n) is 9.16. The average molecular weight is 218 g/mol. The first-order valence-electron chi connectivity index (χ1n) is 4.87. The Kier molecular flexibility index (Phi) is 2.49. The molecular weight excluding hydrogens is 204 g/mol. The minimum absolute atomic E-state index is 0.626. The van der Waals surface area contributed by atoms with Crippen LogP contribution in [0.5, 0.6) is 0 Å². The van der Waals surface area contributed by atoms with Crippen LogP contribution in [0.3, 0.4) is 0 Å². The van der Waals surface area contributed by atoms with E-state index >= 15 is 0 Å². The number of nitrogens with two attached hydrogens (primary N) is 1. The van der Waals surface area contributed by atoms with E-state index in [0.29, 0.717) is 5.13 Å². The first kappa shape index (κ1) is 10.2. The fourth-order valence-corrected chi connectivity index (χ4v) is 2.18. The highest BCUT2D eigenvalue weighted by Crippen LogP contribution is 2.26. The summed E-state index contributed by atoms with van der Waals surface area (Å²) in [6.07, 6.45) is 0. The maximum absolute atomic E-state index is 5.63. The number of anilines is 1. The summed E-state index contributed by atoms with van der Waals surface area (Å²) >= 11 is 1.48. The maximum atomic E-state index is 5.63. The van der Waals surface area contributed by atoms with Crippen molar-refractivity contribution in [3.05, 3.63) is 34.2 Å². The van der Waals surface area contributed by atoms with Gasteiger partial charge in [-0.3, -0.25) is 0 Å².